The Bertz CT molecular complexity index is 1210. The fraction of sp³-hybridized carbons (Fsp3) is 0.320. The molecule has 3 aromatic rings. The summed E-state index contributed by atoms with van der Waals surface area (Å²) in [6, 6.07) is 21.8. The van der Waals surface area contributed by atoms with Gasteiger partial charge in [-0.1, -0.05) is 54.6 Å². The molecule has 0 spiro atoms. The van der Waals surface area contributed by atoms with Crippen LogP contribution in [0.25, 0.3) is 10.8 Å². The molecule has 1 amide bonds. The molecule has 0 bridgehead atoms. The normalized spacial score (nSPS) is 16.1. The predicted octanol–water partition coefficient (Wildman–Crippen LogP) is 3.48. The van der Waals surface area contributed by atoms with Crippen molar-refractivity contribution in [1.82, 2.24) is 9.62 Å². The number of anilines is 1. The Kier molecular flexibility index (Phi) is 6.48. The maximum absolute atomic E-state index is 12.9. The molecule has 1 aliphatic heterocycles. The minimum absolute atomic E-state index is 0.290. The van der Waals surface area contributed by atoms with Crippen molar-refractivity contribution in [2.24, 2.45) is 0 Å². The summed E-state index contributed by atoms with van der Waals surface area (Å²) in [5.41, 5.74) is 3.25. The van der Waals surface area contributed by atoms with Gasteiger partial charge < -0.3 is 10.2 Å². The number of fused-ring (bicyclic) bond motifs is 1. The van der Waals surface area contributed by atoms with E-state index in [1.54, 1.807) is 0 Å². The van der Waals surface area contributed by atoms with E-state index < -0.39 is 21.7 Å². The minimum Gasteiger partial charge on any atom is -0.369 e. The Morgan fingerprint density at radius 2 is 1.66 bits per heavy atom. The highest BCUT2D eigenvalue weighted by Gasteiger charge is 2.29. The molecule has 1 saturated heterocycles. The molecule has 6 nitrogen and oxygen atoms in total. The lowest BCUT2D eigenvalue weighted by atomic mass is 10.00. The topological polar surface area (TPSA) is 69.7 Å². The zero-order valence-electron chi connectivity index (χ0n) is 18.5. The average molecular weight is 452 g/mol. The van der Waals surface area contributed by atoms with Crippen LogP contribution in [0.2, 0.25) is 0 Å². The lowest BCUT2D eigenvalue weighted by Crippen LogP contribution is -2.50. The van der Waals surface area contributed by atoms with Crippen molar-refractivity contribution in [3.05, 3.63) is 77.9 Å². The fourth-order valence-corrected chi connectivity index (χ4v) is 5.61. The highest BCUT2D eigenvalue weighted by molar-refractivity contribution is 7.89. The maximum atomic E-state index is 12.9. The highest BCUT2D eigenvalue weighted by atomic mass is 32.2. The van der Waals surface area contributed by atoms with E-state index in [9.17, 15) is 13.2 Å². The molecule has 168 valence electrons. The van der Waals surface area contributed by atoms with E-state index in [0.29, 0.717) is 26.2 Å². The Balaban J connectivity index is 1.36. The number of piperazine rings is 1. The number of nitrogens with one attached hydrogen (secondary N) is 1. The van der Waals surface area contributed by atoms with Crippen molar-refractivity contribution in [3.63, 3.8) is 0 Å². The van der Waals surface area contributed by atoms with Crippen LogP contribution in [-0.4, -0.2) is 50.6 Å². The van der Waals surface area contributed by atoms with Crippen LogP contribution in [0.1, 0.15) is 24.1 Å². The van der Waals surface area contributed by atoms with Crippen LogP contribution in [-0.2, 0) is 14.8 Å². The molecule has 0 aliphatic carbocycles. The van der Waals surface area contributed by atoms with Gasteiger partial charge in [0.15, 0.2) is 0 Å². The van der Waals surface area contributed by atoms with Gasteiger partial charge in [0.25, 0.3) is 0 Å². The van der Waals surface area contributed by atoms with Gasteiger partial charge in [-0.15, -0.1) is 0 Å². The van der Waals surface area contributed by atoms with Gasteiger partial charge in [0.2, 0.25) is 15.9 Å². The van der Waals surface area contributed by atoms with Crippen molar-refractivity contribution < 1.29 is 13.2 Å². The third kappa shape index (κ3) is 4.95. The van der Waals surface area contributed by atoms with E-state index in [4.69, 9.17) is 0 Å². The molecule has 3 aromatic carbocycles. The van der Waals surface area contributed by atoms with Crippen LogP contribution in [0.4, 0.5) is 5.69 Å². The molecule has 0 saturated carbocycles. The first-order chi connectivity index (χ1) is 15.3. The lowest BCUT2D eigenvalue weighted by molar-refractivity contribution is -0.119. The van der Waals surface area contributed by atoms with E-state index in [0.717, 1.165) is 22.0 Å². The smallest absolute Gasteiger partial charge is 0.237 e. The summed E-state index contributed by atoms with van der Waals surface area (Å²) in [5.74, 6) is -1.02. The summed E-state index contributed by atoms with van der Waals surface area (Å²) < 4.78 is 27.2. The fourth-order valence-electron chi connectivity index (χ4n) is 4.30. The summed E-state index contributed by atoms with van der Waals surface area (Å²) in [6.07, 6.45) is 0. The molecule has 1 unspecified atom stereocenters. The second-order valence-electron chi connectivity index (χ2n) is 8.34. The zero-order chi connectivity index (χ0) is 22.7. The first-order valence-electron chi connectivity index (χ1n) is 10.9. The molecule has 0 radical (unpaired) electrons. The van der Waals surface area contributed by atoms with Gasteiger partial charge in [0.05, 0.1) is 6.04 Å². The minimum atomic E-state index is -3.67. The van der Waals surface area contributed by atoms with E-state index >= 15 is 0 Å². The van der Waals surface area contributed by atoms with Crippen molar-refractivity contribution in [2.45, 2.75) is 19.9 Å². The zero-order valence-corrected chi connectivity index (χ0v) is 19.3. The van der Waals surface area contributed by atoms with Crippen LogP contribution in [0, 0.1) is 6.92 Å². The number of nitrogens with zero attached hydrogens (tertiary/aromatic N) is 2. The average Bonchev–Trinajstić information content (AvgIpc) is 2.78. The van der Waals surface area contributed by atoms with Crippen molar-refractivity contribution >= 4 is 32.4 Å². The highest BCUT2D eigenvalue weighted by Crippen LogP contribution is 2.24. The Morgan fingerprint density at radius 1 is 0.969 bits per heavy atom. The van der Waals surface area contributed by atoms with E-state index in [1.807, 2.05) is 74.5 Å². The molecule has 0 aromatic heterocycles. The molecule has 1 atom stereocenters. The summed E-state index contributed by atoms with van der Waals surface area (Å²) in [5, 5.41) is 5.01. The maximum Gasteiger partial charge on any atom is 0.237 e. The lowest BCUT2D eigenvalue weighted by Gasteiger charge is -2.35. The Labute approximate surface area is 189 Å². The monoisotopic (exact) mass is 451 g/mol. The summed E-state index contributed by atoms with van der Waals surface area (Å²) in [7, 11) is -3.67. The van der Waals surface area contributed by atoms with Crippen LogP contribution in [0.5, 0.6) is 0 Å². The summed E-state index contributed by atoms with van der Waals surface area (Å²) in [4.78, 5) is 14.8. The number of amides is 1. The first-order valence-corrected chi connectivity index (χ1v) is 12.5. The Morgan fingerprint density at radius 3 is 2.41 bits per heavy atom. The number of carbonyl (C=O) groups is 1. The van der Waals surface area contributed by atoms with Crippen LogP contribution in [0.3, 0.4) is 0 Å². The molecular formula is C25H29N3O3S. The van der Waals surface area contributed by atoms with Crippen LogP contribution >= 0.6 is 0 Å². The van der Waals surface area contributed by atoms with Gasteiger partial charge in [-0.25, -0.2) is 8.42 Å². The second-order valence-corrected chi connectivity index (χ2v) is 10.3. The Hall–Kier alpha value is -2.90. The van der Waals surface area contributed by atoms with Gasteiger partial charge in [0.1, 0.15) is 5.75 Å². The molecule has 1 heterocycles. The number of aryl methyl sites for hydroxylation is 1. The van der Waals surface area contributed by atoms with Crippen LogP contribution < -0.4 is 10.2 Å². The van der Waals surface area contributed by atoms with Gasteiger partial charge in [-0.2, -0.15) is 4.31 Å². The molecule has 1 N–H and O–H groups in total. The van der Waals surface area contributed by atoms with Gasteiger partial charge in [-0.3, -0.25) is 4.79 Å². The number of sulfonamides is 1. The molecular weight excluding hydrogens is 422 g/mol. The molecule has 4 rings (SSSR count). The van der Waals surface area contributed by atoms with E-state index in [-0.39, 0.29) is 6.04 Å². The quantitative estimate of drug-likeness (QED) is 0.623. The number of rotatable bonds is 6. The van der Waals surface area contributed by atoms with Gasteiger partial charge >= 0.3 is 0 Å². The van der Waals surface area contributed by atoms with Gasteiger partial charge in [0, 0.05) is 31.9 Å². The number of benzene rings is 3. The van der Waals surface area contributed by atoms with Crippen LogP contribution in [0.15, 0.2) is 66.7 Å². The molecule has 7 heteroatoms. The largest absolute Gasteiger partial charge is 0.369 e. The third-order valence-corrected chi connectivity index (χ3v) is 7.76. The second kappa shape index (κ2) is 9.30. The first kappa shape index (κ1) is 22.3. The molecule has 1 fully saturated rings. The number of hydrogen-bond acceptors (Lipinski definition) is 4. The summed E-state index contributed by atoms with van der Waals surface area (Å²) in [6.45, 7) is 5.90. The SMILES string of the molecule is Cc1cccc(N2CCN(S(=O)(=O)CC(=O)NC(C)c3cccc4ccccc34)CC2)c1. The van der Waals surface area contributed by atoms with Crippen molar-refractivity contribution in [2.75, 3.05) is 36.8 Å². The standard InChI is InChI=1S/C25H29N3O3S/c1-19-7-5-10-22(17-19)27-13-15-28(16-14-27)32(30,31)18-25(29)26-20(2)23-12-6-9-21-8-3-4-11-24(21)23/h3-12,17,20H,13-16,18H2,1-2H3,(H,26,29). The number of carbonyl (C=O) groups excluding carboxylic acids is 1. The van der Waals surface area contributed by atoms with Gasteiger partial charge in [-0.05, 0) is 47.9 Å². The van der Waals surface area contributed by atoms with E-state index in [1.165, 1.54) is 9.87 Å². The number of hydrogen-bond donors (Lipinski definition) is 1. The third-order valence-electron chi connectivity index (χ3n) is 5.98. The molecule has 1 aliphatic rings. The van der Waals surface area contributed by atoms with E-state index in [2.05, 4.69) is 16.3 Å². The predicted molar refractivity (Wildman–Crippen MR) is 129 cm³/mol. The van der Waals surface area contributed by atoms with Crippen molar-refractivity contribution in [3.8, 4) is 0 Å². The van der Waals surface area contributed by atoms with Crippen molar-refractivity contribution in [1.29, 1.82) is 0 Å². The molecule has 32 heavy (non-hydrogen) atoms. The summed E-state index contributed by atoms with van der Waals surface area (Å²) >= 11 is 0.